The number of amides is 3. The van der Waals surface area contributed by atoms with Crippen molar-refractivity contribution in [1.82, 2.24) is 24.4 Å². The van der Waals surface area contributed by atoms with Crippen molar-refractivity contribution in [2.75, 3.05) is 22.9 Å². The van der Waals surface area contributed by atoms with Gasteiger partial charge in [0.25, 0.3) is 11.5 Å². The SMILES string of the molecule is O=C(O)CCn1ccnc1CN1CCC2(CC1)C(=O)N(c1ccc(-c3ccccc3)cc1)C(=O)N2c1nccc(=O)[nH]1. The number of carboxylic acids is 1. The predicted octanol–water partition coefficient (Wildman–Crippen LogP) is 3.12. The minimum absolute atomic E-state index is 0.0114. The molecule has 6 rings (SSSR count). The highest BCUT2D eigenvalue weighted by molar-refractivity contribution is 6.30. The number of hydrogen-bond acceptors (Lipinski definition) is 7. The number of nitrogens with one attached hydrogen (secondary N) is 1. The summed E-state index contributed by atoms with van der Waals surface area (Å²) in [6.07, 6.45) is 5.32. The van der Waals surface area contributed by atoms with Crippen LogP contribution in [-0.2, 0) is 22.7 Å². The molecule has 2 aromatic carbocycles. The van der Waals surface area contributed by atoms with E-state index in [2.05, 4.69) is 19.9 Å². The van der Waals surface area contributed by atoms with Gasteiger partial charge in [0.05, 0.1) is 18.7 Å². The highest BCUT2D eigenvalue weighted by atomic mass is 16.4. The zero-order valence-corrected chi connectivity index (χ0v) is 22.7. The minimum Gasteiger partial charge on any atom is -0.481 e. The predicted molar refractivity (Wildman–Crippen MR) is 154 cm³/mol. The van der Waals surface area contributed by atoms with Gasteiger partial charge in [-0.3, -0.25) is 24.3 Å². The number of aryl methyl sites for hydroxylation is 1. The Kier molecular flexibility index (Phi) is 7.13. The van der Waals surface area contributed by atoms with Gasteiger partial charge in [0.2, 0.25) is 5.95 Å². The highest BCUT2D eigenvalue weighted by Crippen LogP contribution is 2.41. The zero-order valence-electron chi connectivity index (χ0n) is 22.7. The molecule has 2 aliphatic heterocycles. The lowest BCUT2D eigenvalue weighted by Crippen LogP contribution is -2.57. The number of carbonyl (C=O) groups excluding carboxylic acids is 2. The molecule has 4 aromatic rings. The van der Waals surface area contributed by atoms with E-state index in [0.29, 0.717) is 44.7 Å². The molecule has 0 saturated carbocycles. The van der Waals surface area contributed by atoms with E-state index in [9.17, 15) is 19.2 Å². The van der Waals surface area contributed by atoms with Crippen molar-refractivity contribution in [2.45, 2.75) is 37.9 Å². The van der Waals surface area contributed by atoms with E-state index in [4.69, 9.17) is 5.11 Å². The number of urea groups is 1. The molecular weight excluding hydrogens is 538 g/mol. The summed E-state index contributed by atoms with van der Waals surface area (Å²) in [4.78, 5) is 67.3. The summed E-state index contributed by atoms with van der Waals surface area (Å²) in [6, 6.07) is 17.7. The van der Waals surface area contributed by atoms with Crippen molar-refractivity contribution >= 4 is 29.5 Å². The van der Waals surface area contributed by atoms with E-state index in [1.54, 1.807) is 24.5 Å². The third kappa shape index (κ3) is 4.96. The summed E-state index contributed by atoms with van der Waals surface area (Å²) >= 11 is 0. The molecule has 0 aliphatic carbocycles. The average molecular weight is 568 g/mol. The Labute approximate surface area is 240 Å². The Bertz CT molecular complexity index is 1670. The Balaban J connectivity index is 1.27. The molecular formula is C30H29N7O5. The van der Waals surface area contributed by atoms with Crippen molar-refractivity contribution in [3.63, 3.8) is 0 Å². The molecule has 0 radical (unpaired) electrons. The largest absolute Gasteiger partial charge is 0.481 e. The molecule has 2 fully saturated rings. The lowest BCUT2D eigenvalue weighted by molar-refractivity contribution is -0.137. The van der Waals surface area contributed by atoms with Crippen LogP contribution in [0.2, 0.25) is 0 Å². The maximum Gasteiger partial charge on any atom is 0.339 e. The van der Waals surface area contributed by atoms with Crippen molar-refractivity contribution in [3.8, 4) is 11.1 Å². The standard InChI is InChI=1S/C30H29N7O5/c38-25-10-14-32-28(33-25)37-29(42)36(23-8-6-22(7-9-23)21-4-2-1-3-5-21)27(41)30(37)12-17-34(18-13-30)20-24-31-15-19-35(24)16-11-26(39)40/h1-10,14-15,19H,11-13,16-18,20H2,(H,39,40)(H,32,33,38). The lowest BCUT2D eigenvalue weighted by Gasteiger charge is -2.41. The average Bonchev–Trinajstić information content (AvgIpc) is 3.52. The van der Waals surface area contributed by atoms with Gasteiger partial charge in [0.1, 0.15) is 11.4 Å². The molecule has 1 spiro atoms. The van der Waals surface area contributed by atoms with E-state index in [1.807, 2.05) is 47.0 Å². The number of carboxylic acid groups (broad SMARTS) is 1. The summed E-state index contributed by atoms with van der Waals surface area (Å²) in [5.41, 5.74) is 0.749. The number of rotatable bonds is 8. The number of nitrogens with zero attached hydrogens (tertiary/aromatic N) is 6. The Morgan fingerprint density at radius 2 is 1.62 bits per heavy atom. The number of aromatic amines is 1. The first-order valence-corrected chi connectivity index (χ1v) is 13.7. The van der Waals surface area contributed by atoms with Crippen LogP contribution in [-0.4, -0.2) is 66.1 Å². The van der Waals surface area contributed by atoms with Gasteiger partial charge < -0.3 is 9.67 Å². The maximum absolute atomic E-state index is 14.2. The first-order chi connectivity index (χ1) is 20.4. The molecule has 12 heteroatoms. The number of aliphatic carboxylic acids is 1. The monoisotopic (exact) mass is 567 g/mol. The van der Waals surface area contributed by atoms with Crippen LogP contribution in [0.15, 0.2) is 84.0 Å². The number of aromatic nitrogens is 4. The fourth-order valence-electron chi connectivity index (χ4n) is 5.73. The number of piperidine rings is 1. The second-order valence-electron chi connectivity index (χ2n) is 10.4. The molecule has 42 heavy (non-hydrogen) atoms. The molecule has 0 bridgehead atoms. The van der Waals surface area contributed by atoms with E-state index in [-0.39, 0.29) is 18.3 Å². The van der Waals surface area contributed by atoms with Gasteiger partial charge >= 0.3 is 12.0 Å². The minimum atomic E-state index is -1.23. The fraction of sp³-hybridized carbons (Fsp3) is 0.267. The normalized spacial score (nSPS) is 16.9. The number of carbonyl (C=O) groups is 3. The number of imide groups is 1. The molecule has 12 nitrogen and oxygen atoms in total. The van der Waals surface area contributed by atoms with Gasteiger partial charge in [0.15, 0.2) is 0 Å². The van der Waals surface area contributed by atoms with Gasteiger partial charge in [0, 0.05) is 44.3 Å². The zero-order chi connectivity index (χ0) is 29.3. The van der Waals surface area contributed by atoms with Crippen LogP contribution in [0.4, 0.5) is 16.4 Å². The third-order valence-corrected chi connectivity index (χ3v) is 7.93. The summed E-state index contributed by atoms with van der Waals surface area (Å²) in [5.74, 6) is -0.492. The van der Waals surface area contributed by atoms with Crippen molar-refractivity contribution in [2.24, 2.45) is 0 Å². The summed E-state index contributed by atoms with van der Waals surface area (Å²) in [7, 11) is 0. The maximum atomic E-state index is 14.2. The fourth-order valence-corrected chi connectivity index (χ4v) is 5.73. The van der Waals surface area contributed by atoms with E-state index in [1.165, 1.54) is 22.1 Å². The molecule has 3 amide bonds. The molecule has 0 atom stereocenters. The van der Waals surface area contributed by atoms with Crippen molar-refractivity contribution < 1.29 is 19.5 Å². The first kappa shape index (κ1) is 27.1. The van der Waals surface area contributed by atoms with Gasteiger partial charge in [-0.05, 0) is 36.1 Å². The van der Waals surface area contributed by atoms with E-state index >= 15 is 0 Å². The number of likely N-dealkylation sites (tertiary alicyclic amines) is 1. The highest BCUT2D eigenvalue weighted by Gasteiger charge is 2.60. The summed E-state index contributed by atoms with van der Waals surface area (Å²) < 4.78 is 1.81. The van der Waals surface area contributed by atoms with Crippen LogP contribution in [0, 0.1) is 0 Å². The van der Waals surface area contributed by atoms with Crippen LogP contribution in [0.25, 0.3) is 11.1 Å². The van der Waals surface area contributed by atoms with E-state index < -0.39 is 23.1 Å². The summed E-state index contributed by atoms with van der Waals surface area (Å²) in [6.45, 7) is 1.72. The topological polar surface area (TPSA) is 145 Å². The second kappa shape index (κ2) is 11.1. The van der Waals surface area contributed by atoms with Gasteiger partial charge in [-0.1, -0.05) is 42.5 Å². The molecule has 2 aliphatic rings. The van der Waals surface area contributed by atoms with E-state index in [0.717, 1.165) is 17.0 Å². The van der Waals surface area contributed by atoms with Gasteiger partial charge in [-0.2, -0.15) is 0 Å². The van der Waals surface area contributed by atoms with Gasteiger partial charge in [-0.25, -0.2) is 24.6 Å². The number of imidazole rings is 1. The Morgan fingerprint density at radius 1 is 0.905 bits per heavy atom. The summed E-state index contributed by atoms with van der Waals surface area (Å²) in [5, 5.41) is 9.05. The van der Waals surface area contributed by atoms with Crippen LogP contribution in [0.1, 0.15) is 25.1 Å². The molecule has 214 valence electrons. The molecule has 4 heterocycles. The first-order valence-electron chi connectivity index (χ1n) is 13.7. The molecule has 2 saturated heterocycles. The Hall–Kier alpha value is -5.10. The van der Waals surface area contributed by atoms with Crippen molar-refractivity contribution in [1.29, 1.82) is 0 Å². The van der Waals surface area contributed by atoms with Crippen molar-refractivity contribution in [3.05, 3.63) is 95.4 Å². The number of anilines is 2. The second-order valence-corrected chi connectivity index (χ2v) is 10.4. The number of benzene rings is 2. The van der Waals surface area contributed by atoms with Crippen LogP contribution in [0.3, 0.4) is 0 Å². The molecule has 2 N–H and O–H groups in total. The quantitative estimate of drug-likeness (QED) is 0.309. The lowest BCUT2D eigenvalue weighted by atomic mass is 9.86. The van der Waals surface area contributed by atoms with Crippen LogP contribution < -0.4 is 15.4 Å². The van der Waals surface area contributed by atoms with Crippen LogP contribution >= 0.6 is 0 Å². The molecule has 0 unspecified atom stereocenters. The van der Waals surface area contributed by atoms with Gasteiger partial charge in [-0.15, -0.1) is 0 Å². The smallest absolute Gasteiger partial charge is 0.339 e. The Morgan fingerprint density at radius 3 is 2.31 bits per heavy atom. The van der Waals surface area contributed by atoms with Crippen LogP contribution in [0.5, 0.6) is 0 Å². The third-order valence-electron chi connectivity index (χ3n) is 7.93. The number of H-pyrrole nitrogens is 1. The number of hydrogen-bond donors (Lipinski definition) is 2. The molecule has 2 aromatic heterocycles.